The molecule has 0 saturated heterocycles. The number of aromatic nitrogens is 4. The third-order valence-electron chi connectivity index (χ3n) is 6.03. The van der Waals surface area contributed by atoms with Crippen molar-refractivity contribution in [1.82, 2.24) is 19.5 Å². The Morgan fingerprint density at radius 3 is 2.67 bits per heavy atom. The lowest BCUT2D eigenvalue weighted by molar-refractivity contribution is 0.0999. The van der Waals surface area contributed by atoms with Gasteiger partial charge in [-0.2, -0.15) is 0 Å². The van der Waals surface area contributed by atoms with Crippen LogP contribution in [0.2, 0.25) is 0 Å². The van der Waals surface area contributed by atoms with Gasteiger partial charge in [-0.1, -0.05) is 32.9 Å². The summed E-state index contributed by atoms with van der Waals surface area (Å²) in [6.45, 7) is 6.32. The van der Waals surface area contributed by atoms with Crippen LogP contribution in [0, 0.1) is 0 Å². The third kappa shape index (κ3) is 4.18. The summed E-state index contributed by atoms with van der Waals surface area (Å²) in [6, 6.07) is 8.94. The molecule has 4 heterocycles. The predicted molar refractivity (Wildman–Crippen MR) is 140 cm³/mol. The number of pyridine rings is 1. The van der Waals surface area contributed by atoms with Gasteiger partial charge in [0.2, 0.25) is 0 Å². The first-order valence-electron chi connectivity index (χ1n) is 11.5. The Morgan fingerprint density at radius 1 is 1.19 bits per heavy atom. The van der Waals surface area contributed by atoms with Gasteiger partial charge in [-0.3, -0.25) is 9.59 Å². The predicted octanol–water partition coefficient (Wildman–Crippen LogP) is 3.99. The highest BCUT2D eigenvalue weighted by atomic mass is 32.1. The highest BCUT2D eigenvalue weighted by Gasteiger charge is 2.35. The summed E-state index contributed by atoms with van der Waals surface area (Å²) in [5.41, 5.74) is 3.42. The summed E-state index contributed by atoms with van der Waals surface area (Å²) < 4.78 is 1.48. The van der Waals surface area contributed by atoms with E-state index in [1.54, 1.807) is 36.5 Å². The zero-order valence-electron chi connectivity index (χ0n) is 20.4. The Labute approximate surface area is 212 Å². The fraction of sp³-hybridized carbons (Fsp3) is 0.269. The molecule has 0 atom stereocenters. The second kappa shape index (κ2) is 8.96. The number of nitrogens with zero attached hydrogens (tertiary/aromatic N) is 5. The van der Waals surface area contributed by atoms with Gasteiger partial charge in [0, 0.05) is 36.0 Å². The number of hydrogen-bond donors (Lipinski definition) is 2. The van der Waals surface area contributed by atoms with Gasteiger partial charge in [-0.25, -0.2) is 15.0 Å². The van der Waals surface area contributed by atoms with Crippen LogP contribution in [0.25, 0.3) is 11.1 Å². The van der Waals surface area contributed by atoms with Gasteiger partial charge in [0.05, 0.1) is 29.5 Å². The lowest BCUT2D eigenvalue weighted by atomic mass is 9.98. The molecular formula is C26H26N6O3S. The van der Waals surface area contributed by atoms with Crippen LogP contribution in [0.4, 0.5) is 17.2 Å². The summed E-state index contributed by atoms with van der Waals surface area (Å²) in [5.74, 6) is 0.378. The fourth-order valence-corrected chi connectivity index (χ4v) is 5.28. The molecule has 1 aromatic carbocycles. The summed E-state index contributed by atoms with van der Waals surface area (Å²) in [5, 5.41) is 14.4. The standard InChI is InChI=1S/C26H26N6O3S/c1-26(2,3)25-30-19-12-32(24(35)22(19)36-25)20-7-5-6-16(17(20)13-33)15-10-18(23(34)31(4)11-15)29-21-8-9-27-14-28-21/h5-11,14,33H,12-13H2,1-4H3,(H,27,28,29). The van der Waals surface area contributed by atoms with Crippen LogP contribution in [0.3, 0.4) is 0 Å². The minimum atomic E-state index is -0.277. The number of hydrogen-bond acceptors (Lipinski definition) is 8. The summed E-state index contributed by atoms with van der Waals surface area (Å²) in [4.78, 5) is 41.2. The number of rotatable bonds is 5. The molecule has 0 spiro atoms. The van der Waals surface area contributed by atoms with E-state index in [4.69, 9.17) is 4.98 Å². The molecule has 9 nitrogen and oxygen atoms in total. The van der Waals surface area contributed by atoms with E-state index in [0.29, 0.717) is 39.7 Å². The summed E-state index contributed by atoms with van der Waals surface area (Å²) >= 11 is 1.43. The number of anilines is 3. The lowest BCUT2D eigenvalue weighted by Crippen LogP contribution is -2.25. The molecule has 184 valence electrons. The van der Waals surface area contributed by atoms with E-state index in [1.807, 2.05) is 18.2 Å². The largest absolute Gasteiger partial charge is 0.392 e. The maximum Gasteiger partial charge on any atom is 0.274 e. The first kappa shape index (κ1) is 23.8. The maximum absolute atomic E-state index is 13.4. The van der Waals surface area contributed by atoms with E-state index in [0.717, 1.165) is 16.3 Å². The van der Waals surface area contributed by atoms with Crippen LogP contribution in [0.1, 0.15) is 46.7 Å². The van der Waals surface area contributed by atoms with Gasteiger partial charge >= 0.3 is 0 Å². The Bertz CT molecular complexity index is 1520. The number of aryl methyl sites for hydroxylation is 1. The molecule has 1 aliphatic heterocycles. The number of aliphatic hydroxyl groups excluding tert-OH is 1. The summed E-state index contributed by atoms with van der Waals surface area (Å²) in [6.07, 6.45) is 4.70. The number of thiazole rings is 1. The molecule has 2 N–H and O–H groups in total. The molecule has 0 aliphatic carbocycles. The highest BCUT2D eigenvalue weighted by molar-refractivity contribution is 7.14. The minimum absolute atomic E-state index is 0.114. The lowest BCUT2D eigenvalue weighted by Gasteiger charge is -2.22. The first-order valence-corrected chi connectivity index (χ1v) is 12.3. The van der Waals surface area contributed by atoms with Crippen molar-refractivity contribution in [2.24, 2.45) is 7.05 Å². The molecule has 1 amide bonds. The van der Waals surface area contributed by atoms with Crippen molar-refractivity contribution in [2.45, 2.75) is 39.3 Å². The average molecular weight is 503 g/mol. The Balaban J connectivity index is 1.54. The molecule has 4 aromatic rings. The Kier molecular flexibility index (Phi) is 5.93. The number of carbonyl (C=O) groups is 1. The molecule has 5 rings (SSSR count). The minimum Gasteiger partial charge on any atom is -0.392 e. The van der Waals surface area contributed by atoms with Crippen LogP contribution >= 0.6 is 11.3 Å². The highest BCUT2D eigenvalue weighted by Crippen LogP contribution is 2.39. The SMILES string of the molecule is Cn1cc(-c2cccc(N3Cc4nc(C(C)(C)C)sc4C3=O)c2CO)cc(Nc2ccncn2)c1=O. The Morgan fingerprint density at radius 2 is 2.00 bits per heavy atom. The number of amides is 1. The van der Waals surface area contributed by atoms with Crippen LogP contribution in [0.15, 0.2) is 53.8 Å². The van der Waals surface area contributed by atoms with Crippen molar-refractivity contribution < 1.29 is 9.90 Å². The number of carbonyl (C=O) groups excluding carboxylic acids is 1. The molecule has 0 bridgehead atoms. The van der Waals surface area contributed by atoms with Crippen molar-refractivity contribution >= 4 is 34.4 Å². The molecule has 0 radical (unpaired) electrons. The van der Waals surface area contributed by atoms with Gasteiger partial charge in [0.15, 0.2) is 0 Å². The van der Waals surface area contributed by atoms with Crippen molar-refractivity contribution in [3.8, 4) is 11.1 Å². The summed E-state index contributed by atoms with van der Waals surface area (Å²) in [7, 11) is 1.67. The van der Waals surface area contributed by atoms with Crippen molar-refractivity contribution in [3.63, 3.8) is 0 Å². The van der Waals surface area contributed by atoms with Crippen molar-refractivity contribution in [2.75, 3.05) is 10.2 Å². The number of fused-ring (bicyclic) bond motifs is 1. The van der Waals surface area contributed by atoms with Crippen molar-refractivity contribution in [1.29, 1.82) is 0 Å². The van der Waals surface area contributed by atoms with E-state index in [9.17, 15) is 14.7 Å². The van der Waals surface area contributed by atoms with E-state index in [2.05, 4.69) is 36.1 Å². The van der Waals surface area contributed by atoms with Gasteiger partial charge in [-0.05, 0) is 23.8 Å². The second-order valence-corrected chi connectivity index (χ2v) is 10.7. The molecule has 0 fully saturated rings. The van der Waals surface area contributed by atoms with Gasteiger partial charge in [0.25, 0.3) is 11.5 Å². The topological polar surface area (TPSA) is 113 Å². The zero-order valence-corrected chi connectivity index (χ0v) is 21.3. The van der Waals surface area contributed by atoms with Crippen molar-refractivity contribution in [3.05, 3.63) is 80.5 Å². The fourth-order valence-electron chi connectivity index (χ4n) is 4.20. The average Bonchev–Trinajstić information content (AvgIpc) is 3.41. The number of benzene rings is 1. The smallest absolute Gasteiger partial charge is 0.274 e. The van der Waals surface area contributed by atoms with Crippen LogP contribution in [-0.2, 0) is 25.6 Å². The van der Waals surface area contributed by atoms with E-state index in [1.165, 1.54) is 22.2 Å². The quantitative estimate of drug-likeness (QED) is 0.424. The second-order valence-electron chi connectivity index (χ2n) is 9.68. The van der Waals surface area contributed by atoms with E-state index in [-0.39, 0.29) is 23.5 Å². The molecule has 0 unspecified atom stereocenters. The monoisotopic (exact) mass is 502 g/mol. The molecule has 1 aliphatic rings. The Hall–Kier alpha value is -3.89. The first-order chi connectivity index (χ1) is 17.2. The third-order valence-corrected chi connectivity index (χ3v) is 7.54. The van der Waals surface area contributed by atoms with Crippen LogP contribution < -0.4 is 15.8 Å². The molecule has 36 heavy (non-hydrogen) atoms. The molecule has 3 aromatic heterocycles. The zero-order chi connectivity index (χ0) is 25.6. The molecule has 0 saturated carbocycles. The molecular weight excluding hydrogens is 476 g/mol. The maximum atomic E-state index is 13.4. The van der Waals surface area contributed by atoms with E-state index >= 15 is 0 Å². The van der Waals surface area contributed by atoms with Crippen LogP contribution in [0.5, 0.6) is 0 Å². The van der Waals surface area contributed by atoms with Gasteiger partial charge in [0.1, 0.15) is 22.7 Å². The molecule has 10 heteroatoms. The van der Waals surface area contributed by atoms with E-state index < -0.39 is 0 Å². The number of aliphatic hydroxyl groups is 1. The normalized spacial score (nSPS) is 13.2. The van der Waals surface area contributed by atoms with Crippen LogP contribution in [-0.4, -0.2) is 30.5 Å². The van der Waals surface area contributed by atoms with Gasteiger partial charge in [-0.15, -0.1) is 11.3 Å². The number of nitrogens with one attached hydrogen (secondary N) is 1. The van der Waals surface area contributed by atoms with Gasteiger partial charge < -0.3 is 19.9 Å².